The van der Waals surface area contributed by atoms with Gasteiger partial charge in [-0.25, -0.2) is 0 Å². The van der Waals surface area contributed by atoms with Gasteiger partial charge in [-0.2, -0.15) is 0 Å². The van der Waals surface area contributed by atoms with Crippen molar-refractivity contribution in [2.24, 2.45) is 0 Å². The topological polar surface area (TPSA) is 38.7 Å². The van der Waals surface area contributed by atoms with Crippen molar-refractivity contribution < 1.29 is 14.6 Å². The predicted molar refractivity (Wildman–Crippen MR) is 74.5 cm³/mol. The normalized spacial score (nSPS) is 11.5. The first-order valence-corrected chi connectivity index (χ1v) is 6.34. The first kappa shape index (κ1) is 14.9. The molecule has 0 heterocycles. The van der Waals surface area contributed by atoms with Gasteiger partial charge >= 0.3 is 0 Å². The van der Waals surface area contributed by atoms with Gasteiger partial charge in [0.25, 0.3) is 0 Å². The highest BCUT2D eigenvalue weighted by atomic mass is 35.5. The molecule has 0 atom stereocenters. The first-order valence-electron chi connectivity index (χ1n) is 5.96. The molecule has 0 radical (unpaired) electrons. The van der Waals surface area contributed by atoms with Gasteiger partial charge < -0.3 is 14.6 Å². The van der Waals surface area contributed by atoms with Crippen LogP contribution in [0.25, 0.3) is 6.08 Å². The number of aliphatic hydroxyl groups is 1. The molecular formula is C14H19ClO3. The molecule has 3 nitrogen and oxygen atoms in total. The molecule has 0 aliphatic heterocycles. The number of hydrogen-bond donors (Lipinski definition) is 1. The highest BCUT2D eigenvalue weighted by molar-refractivity contribution is 6.32. The predicted octanol–water partition coefficient (Wildman–Crippen LogP) is 3.53. The molecule has 0 unspecified atom stereocenters. The van der Waals surface area contributed by atoms with Crippen molar-refractivity contribution in [3.63, 3.8) is 0 Å². The summed E-state index contributed by atoms with van der Waals surface area (Å²) < 4.78 is 10.7. The molecule has 0 aliphatic carbocycles. The molecule has 1 aromatic carbocycles. The molecule has 0 saturated heterocycles. The maximum absolute atomic E-state index is 9.16. The van der Waals surface area contributed by atoms with E-state index in [0.29, 0.717) is 23.1 Å². The summed E-state index contributed by atoms with van der Waals surface area (Å²) >= 11 is 6.17. The summed E-state index contributed by atoms with van der Waals surface area (Å²) in [5, 5.41) is 9.67. The second kappa shape index (κ2) is 7.29. The number of hydrogen-bond acceptors (Lipinski definition) is 3. The Morgan fingerprint density at radius 1 is 1.39 bits per heavy atom. The van der Waals surface area contributed by atoms with Crippen molar-refractivity contribution in [3.8, 4) is 11.5 Å². The summed E-state index contributed by atoms with van der Waals surface area (Å²) in [4.78, 5) is 0. The van der Waals surface area contributed by atoms with Gasteiger partial charge in [-0.1, -0.05) is 24.6 Å². The van der Waals surface area contributed by atoms with Crippen molar-refractivity contribution in [1.29, 1.82) is 0 Å². The lowest BCUT2D eigenvalue weighted by Gasteiger charge is -2.12. The Kier molecular flexibility index (Phi) is 6.02. The van der Waals surface area contributed by atoms with Gasteiger partial charge in [0.15, 0.2) is 11.5 Å². The van der Waals surface area contributed by atoms with Crippen LogP contribution >= 0.6 is 11.6 Å². The van der Waals surface area contributed by atoms with Crippen LogP contribution in [-0.4, -0.2) is 25.4 Å². The van der Waals surface area contributed by atoms with Crippen molar-refractivity contribution >= 4 is 17.7 Å². The lowest BCUT2D eigenvalue weighted by atomic mass is 10.1. The fourth-order valence-electron chi connectivity index (χ4n) is 1.60. The fourth-order valence-corrected chi connectivity index (χ4v) is 1.88. The van der Waals surface area contributed by atoms with E-state index in [1.54, 1.807) is 13.2 Å². The van der Waals surface area contributed by atoms with E-state index in [4.69, 9.17) is 26.2 Å². The van der Waals surface area contributed by atoms with Gasteiger partial charge in [0, 0.05) is 0 Å². The average molecular weight is 271 g/mol. The molecule has 1 aromatic rings. The Labute approximate surface area is 113 Å². The maximum atomic E-state index is 9.16. The van der Waals surface area contributed by atoms with E-state index in [1.807, 2.05) is 26.0 Å². The monoisotopic (exact) mass is 270 g/mol. The number of benzene rings is 1. The molecule has 1 rings (SSSR count). The second-order valence-electron chi connectivity index (χ2n) is 3.78. The summed E-state index contributed by atoms with van der Waals surface area (Å²) in [5.41, 5.74) is 1.84. The van der Waals surface area contributed by atoms with Crippen LogP contribution in [0, 0.1) is 0 Å². The van der Waals surface area contributed by atoms with Crippen molar-refractivity contribution in [2.75, 3.05) is 20.3 Å². The van der Waals surface area contributed by atoms with Crippen molar-refractivity contribution in [1.82, 2.24) is 0 Å². The third kappa shape index (κ3) is 3.65. The van der Waals surface area contributed by atoms with Crippen LogP contribution < -0.4 is 9.47 Å². The van der Waals surface area contributed by atoms with Crippen LogP contribution in [0.3, 0.4) is 0 Å². The molecule has 18 heavy (non-hydrogen) atoms. The standard InChI is InChI=1S/C14H19ClO3/c1-4-10(9-16)6-11-7-12(15)14(18-5-2)13(8-11)17-3/h6-8,16H,4-5,9H2,1-3H3. The Bertz CT molecular complexity index is 421. The minimum Gasteiger partial charge on any atom is -0.493 e. The zero-order valence-corrected chi connectivity index (χ0v) is 11.8. The fraction of sp³-hybridized carbons (Fsp3) is 0.429. The first-order chi connectivity index (χ1) is 8.65. The molecule has 0 saturated carbocycles. The zero-order chi connectivity index (χ0) is 13.5. The number of ether oxygens (including phenoxy) is 2. The van der Waals surface area contributed by atoms with Gasteiger partial charge in [0.05, 0.1) is 25.3 Å². The van der Waals surface area contributed by atoms with Gasteiger partial charge in [0.2, 0.25) is 0 Å². The van der Waals surface area contributed by atoms with Crippen LogP contribution in [-0.2, 0) is 0 Å². The van der Waals surface area contributed by atoms with E-state index in [-0.39, 0.29) is 6.61 Å². The Hall–Kier alpha value is -1.19. The Morgan fingerprint density at radius 3 is 2.61 bits per heavy atom. The second-order valence-corrected chi connectivity index (χ2v) is 4.19. The van der Waals surface area contributed by atoms with Crippen molar-refractivity contribution in [3.05, 3.63) is 28.3 Å². The third-order valence-corrected chi connectivity index (χ3v) is 2.85. The van der Waals surface area contributed by atoms with Gasteiger partial charge in [0.1, 0.15) is 0 Å². The smallest absolute Gasteiger partial charge is 0.179 e. The number of methoxy groups -OCH3 is 1. The number of aliphatic hydroxyl groups excluding tert-OH is 1. The van der Waals surface area contributed by atoms with E-state index in [9.17, 15) is 0 Å². The lowest BCUT2D eigenvalue weighted by molar-refractivity contribution is 0.311. The average Bonchev–Trinajstić information content (AvgIpc) is 2.38. The molecule has 0 aliphatic rings. The maximum Gasteiger partial charge on any atom is 0.179 e. The molecule has 0 fully saturated rings. The summed E-state index contributed by atoms with van der Waals surface area (Å²) in [6, 6.07) is 3.66. The summed E-state index contributed by atoms with van der Waals surface area (Å²) in [5.74, 6) is 1.16. The van der Waals surface area contributed by atoms with Crippen molar-refractivity contribution in [2.45, 2.75) is 20.3 Å². The zero-order valence-electron chi connectivity index (χ0n) is 11.0. The van der Waals surface area contributed by atoms with Crippen LogP contribution in [0.4, 0.5) is 0 Å². The quantitative estimate of drug-likeness (QED) is 0.859. The minimum atomic E-state index is 0.0453. The molecule has 0 amide bonds. The molecule has 4 heteroatoms. The molecule has 0 aromatic heterocycles. The molecule has 1 N–H and O–H groups in total. The van der Waals surface area contributed by atoms with E-state index in [2.05, 4.69) is 0 Å². The van der Waals surface area contributed by atoms with E-state index in [1.165, 1.54) is 0 Å². The summed E-state index contributed by atoms with van der Waals surface area (Å²) in [6.45, 7) is 4.46. The van der Waals surface area contributed by atoms with Gasteiger partial charge in [-0.3, -0.25) is 0 Å². The summed E-state index contributed by atoms with van der Waals surface area (Å²) in [7, 11) is 1.58. The van der Waals surface area contributed by atoms with Crippen LogP contribution in [0.15, 0.2) is 17.7 Å². The van der Waals surface area contributed by atoms with E-state index >= 15 is 0 Å². The largest absolute Gasteiger partial charge is 0.493 e. The highest BCUT2D eigenvalue weighted by Crippen LogP contribution is 2.37. The van der Waals surface area contributed by atoms with Gasteiger partial charge in [-0.05, 0) is 36.6 Å². The Balaban J connectivity index is 3.17. The van der Waals surface area contributed by atoms with E-state index < -0.39 is 0 Å². The van der Waals surface area contributed by atoms with E-state index in [0.717, 1.165) is 17.6 Å². The number of rotatable bonds is 6. The Morgan fingerprint density at radius 2 is 2.11 bits per heavy atom. The molecule has 100 valence electrons. The molecular weight excluding hydrogens is 252 g/mol. The van der Waals surface area contributed by atoms with Crippen LogP contribution in [0.5, 0.6) is 11.5 Å². The van der Waals surface area contributed by atoms with Gasteiger partial charge in [-0.15, -0.1) is 0 Å². The minimum absolute atomic E-state index is 0.0453. The third-order valence-electron chi connectivity index (χ3n) is 2.57. The van der Waals surface area contributed by atoms with Crippen LogP contribution in [0.1, 0.15) is 25.8 Å². The molecule has 0 spiro atoms. The summed E-state index contributed by atoms with van der Waals surface area (Å²) in [6.07, 6.45) is 2.70. The molecule has 0 bridgehead atoms. The highest BCUT2D eigenvalue weighted by Gasteiger charge is 2.10. The number of halogens is 1. The lowest BCUT2D eigenvalue weighted by Crippen LogP contribution is -1.97. The van der Waals surface area contributed by atoms with Crippen LogP contribution in [0.2, 0.25) is 5.02 Å². The SMILES string of the molecule is CCOc1c(Cl)cc(C=C(CC)CO)cc1OC.